The normalized spacial score (nSPS) is 20.6. The molecule has 2 aliphatic rings. The molecule has 0 unspecified atom stereocenters. The lowest BCUT2D eigenvalue weighted by Gasteiger charge is -2.44. The fraction of sp³-hybridized carbons (Fsp3) is 0.333. The Kier molecular flexibility index (Phi) is 6.61. The van der Waals surface area contributed by atoms with Crippen LogP contribution in [0.3, 0.4) is 0 Å². The Balaban J connectivity index is 1.30. The van der Waals surface area contributed by atoms with E-state index >= 15 is 0 Å². The Morgan fingerprint density at radius 2 is 1.73 bits per heavy atom. The van der Waals surface area contributed by atoms with Crippen LogP contribution >= 0.6 is 7.14 Å². The molecule has 0 saturated heterocycles. The van der Waals surface area contributed by atoms with Crippen molar-refractivity contribution in [3.8, 4) is 28.4 Å². The van der Waals surface area contributed by atoms with E-state index in [0.29, 0.717) is 29.7 Å². The van der Waals surface area contributed by atoms with Gasteiger partial charge in [0.25, 0.3) is 0 Å². The summed E-state index contributed by atoms with van der Waals surface area (Å²) in [6, 6.07) is 19.8. The molecule has 0 bridgehead atoms. The second-order valence-corrected chi connectivity index (χ2v) is 15.6. The number of nitrogens with zero attached hydrogens (tertiary/aromatic N) is 4. The van der Waals surface area contributed by atoms with E-state index in [1.54, 1.807) is 6.07 Å². The second-order valence-electron chi connectivity index (χ2n) is 12.4. The first-order valence-corrected chi connectivity index (χ1v) is 17.2. The molecule has 11 heteroatoms. The monoisotopic (exact) mass is 620 g/mol. The van der Waals surface area contributed by atoms with E-state index in [2.05, 4.69) is 4.74 Å². The average Bonchev–Trinajstić information content (AvgIpc) is 3.59. The van der Waals surface area contributed by atoms with Crippen LogP contribution in [-0.2, 0) is 17.2 Å². The highest BCUT2D eigenvalue weighted by Crippen LogP contribution is 2.50. The van der Waals surface area contributed by atoms with Crippen LogP contribution in [0.2, 0.25) is 0 Å². The number of rotatable bonds is 7. The van der Waals surface area contributed by atoms with E-state index in [-0.39, 0.29) is 17.5 Å². The summed E-state index contributed by atoms with van der Waals surface area (Å²) < 4.78 is 61.5. The number of halogens is 3. The minimum atomic E-state index is -4.93. The van der Waals surface area contributed by atoms with Gasteiger partial charge in [0.1, 0.15) is 18.7 Å². The maximum atomic E-state index is 13.5. The summed E-state index contributed by atoms with van der Waals surface area (Å²) in [5.74, 6) is 0.140. The van der Waals surface area contributed by atoms with Gasteiger partial charge < -0.3 is 19.0 Å². The third-order valence-corrected chi connectivity index (χ3v) is 10.3. The molecule has 228 valence electrons. The van der Waals surface area contributed by atoms with Crippen LogP contribution in [0.25, 0.3) is 33.5 Å². The van der Waals surface area contributed by atoms with Crippen LogP contribution in [0.5, 0.6) is 5.75 Å². The van der Waals surface area contributed by atoms with E-state index in [1.165, 1.54) is 25.5 Å². The van der Waals surface area contributed by atoms with Gasteiger partial charge in [-0.05, 0) is 49.9 Å². The minimum Gasteiger partial charge on any atom is -0.405 e. The number of hydrogen-bond donors (Lipinski definition) is 1. The lowest BCUT2D eigenvalue weighted by Crippen LogP contribution is -2.42. The van der Waals surface area contributed by atoms with Crippen LogP contribution in [-0.4, -0.2) is 44.1 Å². The van der Waals surface area contributed by atoms with Gasteiger partial charge >= 0.3 is 6.36 Å². The molecule has 0 amide bonds. The second kappa shape index (κ2) is 10.1. The number of fused-ring (bicyclic) bond motifs is 1. The molecule has 2 aromatic heterocycles. The quantitative estimate of drug-likeness (QED) is 0.193. The molecule has 44 heavy (non-hydrogen) atoms. The molecular formula is C33H32F3N4O3P. The van der Waals surface area contributed by atoms with Crippen LogP contribution in [0, 0.1) is 0 Å². The molecule has 7 nitrogen and oxygen atoms in total. The van der Waals surface area contributed by atoms with Gasteiger partial charge in [0.2, 0.25) is 0 Å². The van der Waals surface area contributed by atoms with Gasteiger partial charge in [0, 0.05) is 54.0 Å². The molecule has 0 atom stereocenters. The van der Waals surface area contributed by atoms with Crippen molar-refractivity contribution in [1.82, 2.24) is 19.3 Å². The third kappa shape index (κ3) is 5.14. The van der Waals surface area contributed by atoms with Gasteiger partial charge in [0.05, 0.1) is 28.4 Å². The number of aromatic nitrogens is 4. The van der Waals surface area contributed by atoms with Gasteiger partial charge in [-0.1, -0.05) is 48.5 Å². The summed E-state index contributed by atoms with van der Waals surface area (Å²) in [5.41, 5.74) is 3.44. The SMILES string of the molecule is Cn1c(-c2ccc(P(C)(C)=O)cc2OC(F)(F)F)nc(-c2cccc3nn(C4CC(O)(c5ccccc5)C4)cc23)c1C1CC1. The number of ether oxygens (including phenoxy) is 1. The van der Waals surface area contributed by atoms with Crippen molar-refractivity contribution in [3.63, 3.8) is 0 Å². The van der Waals surface area contributed by atoms with Crippen LogP contribution < -0.4 is 10.0 Å². The summed E-state index contributed by atoms with van der Waals surface area (Å²) in [5, 5.41) is 17.2. The zero-order valence-corrected chi connectivity index (χ0v) is 25.4. The molecule has 2 aliphatic carbocycles. The first kappa shape index (κ1) is 28.9. The van der Waals surface area contributed by atoms with Crippen LogP contribution in [0.1, 0.15) is 48.9 Å². The molecular weight excluding hydrogens is 588 g/mol. The van der Waals surface area contributed by atoms with Crippen molar-refractivity contribution in [2.45, 2.75) is 49.6 Å². The Morgan fingerprint density at radius 3 is 2.39 bits per heavy atom. The highest BCUT2D eigenvalue weighted by Gasteiger charge is 2.45. The summed E-state index contributed by atoms with van der Waals surface area (Å²) in [4.78, 5) is 4.96. The predicted octanol–water partition coefficient (Wildman–Crippen LogP) is 7.35. The fourth-order valence-corrected chi connectivity index (χ4v) is 7.22. The molecule has 2 fully saturated rings. The van der Waals surface area contributed by atoms with Gasteiger partial charge in [-0.2, -0.15) is 5.10 Å². The van der Waals surface area contributed by atoms with E-state index in [1.807, 2.05) is 71.0 Å². The molecule has 0 radical (unpaired) electrons. The number of benzene rings is 3. The Labute approximate surface area is 252 Å². The van der Waals surface area contributed by atoms with E-state index < -0.39 is 24.9 Å². The standard InChI is InChI=1S/C33H32F3N4O3P/c1-39-30(20-12-13-20)29(37-31(39)25-15-14-23(44(2,3)42)16-28(25)43-33(34,35)36)24-10-7-11-27-26(24)19-40(38-27)22-17-32(41,18-22)21-8-5-4-6-9-21/h4-11,14-16,19-20,22,41H,12-13,17-18H2,1-3H3. The molecule has 5 aromatic rings. The smallest absolute Gasteiger partial charge is 0.405 e. The summed E-state index contributed by atoms with van der Waals surface area (Å²) >= 11 is 0. The number of aliphatic hydroxyl groups is 1. The number of imidazole rings is 1. The van der Waals surface area contributed by atoms with Crippen molar-refractivity contribution < 1.29 is 27.6 Å². The van der Waals surface area contributed by atoms with Crippen molar-refractivity contribution in [2.75, 3.05) is 13.3 Å². The zero-order valence-electron chi connectivity index (χ0n) is 24.5. The van der Waals surface area contributed by atoms with Gasteiger partial charge in [-0.15, -0.1) is 13.2 Å². The molecule has 7 rings (SSSR count). The lowest BCUT2D eigenvalue weighted by molar-refractivity contribution is -0.274. The van der Waals surface area contributed by atoms with E-state index in [0.717, 1.165) is 40.6 Å². The summed E-state index contributed by atoms with van der Waals surface area (Å²) in [6.07, 6.45) is 0.0598. The van der Waals surface area contributed by atoms with Crippen molar-refractivity contribution >= 4 is 23.3 Å². The van der Waals surface area contributed by atoms with Crippen LogP contribution in [0.4, 0.5) is 13.2 Å². The van der Waals surface area contributed by atoms with Crippen molar-refractivity contribution in [2.24, 2.45) is 7.05 Å². The topological polar surface area (TPSA) is 82.2 Å². The van der Waals surface area contributed by atoms with Gasteiger partial charge in [-0.25, -0.2) is 4.98 Å². The lowest BCUT2D eigenvalue weighted by atomic mass is 9.71. The Hall–Kier alpha value is -3.88. The molecule has 2 heterocycles. The first-order chi connectivity index (χ1) is 20.8. The molecule has 1 N–H and O–H groups in total. The highest BCUT2D eigenvalue weighted by molar-refractivity contribution is 7.70. The molecule has 3 aromatic carbocycles. The molecule has 2 saturated carbocycles. The zero-order chi connectivity index (χ0) is 31.0. The van der Waals surface area contributed by atoms with Gasteiger partial charge in [0.15, 0.2) is 0 Å². The summed E-state index contributed by atoms with van der Waals surface area (Å²) in [6.45, 7) is 3.02. The molecule has 0 spiro atoms. The largest absolute Gasteiger partial charge is 0.573 e. The fourth-order valence-electron chi connectivity index (χ4n) is 6.36. The highest BCUT2D eigenvalue weighted by atomic mass is 31.2. The summed E-state index contributed by atoms with van der Waals surface area (Å²) in [7, 11) is -1.03. The molecule has 0 aliphatic heterocycles. The Bertz CT molecular complexity index is 1930. The number of alkyl halides is 3. The van der Waals surface area contributed by atoms with Crippen LogP contribution in [0.15, 0.2) is 72.9 Å². The average molecular weight is 621 g/mol. The maximum Gasteiger partial charge on any atom is 0.573 e. The van der Waals surface area contributed by atoms with E-state index in [9.17, 15) is 22.8 Å². The van der Waals surface area contributed by atoms with E-state index in [4.69, 9.17) is 10.1 Å². The predicted molar refractivity (Wildman–Crippen MR) is 164 cm³/mol. The van der Waals surface area contributed by atoms with Gasteiger partial charge in [-0.3, -0.25) is 4.68 Å². The van der Waals surface area contributed by atoms with Crippen molar-refractivity contribution in [3.05, 3.63) is 84.2 Å². The first-order valence-electron chi connectivity index (χ1n) is 14.6. The van der Waals surface area contributed by atoms with Crippen molar-refractivity contribution in [1.29, 1.82) is 0 Å². The number of hydrogen-bond acceptors (Lipinski definition) is 5. The minimum absolute atomic E-state index is 0.0244. The third-order valence-electron chi connectivity index (χ3n) is 8.81. The Morgan fingerprint density at radius 1 is 1.00 bits per heavy atom. The maximum absolute atomic E-state index is 13.5.